The molecule has 0 amide bonds. The highest BCUT2D eigenvalue weighted by atomic mass is 32.1. The van der Waals surface area contributed by atoms with Gasteiger partial charge in [0.15, 0.2) is 6.29 Å². The van der Waals surface area contributed by atoms with Crippen molar-refractivity contribution in [1.29, 1.82) is 0 Å². The Bertz CT molecular complexity index is 519. The van der Waals surface area contributed by atoms with Gasteiger partial charge >= 0.3 is 0 Å². The number of carbonyl (C=O) groups is 1. The van der Waals surface area contributed by atoms with Crippen LogP contribution in [0.4, 0.5) is 0 Å². The first kappa shape index (κ1) is 9.63. The second-order valence-corrected chi connectivity index (χ2v) is 3.74. The second kappa shape index (κ2) is 4.54. The first-order chi connectivity index (χ1) is 7.40. The van der Waals surface area contributed by atoms with Gasteiger partial charge in [0.05, 0.1) is 4.88 Å². The zero-order valence-corrected chi connectivity index (χ0v) is 8.62. The molecular weight excluding hydrogens is 206 g/mol. The van der Waals surface area contributed by atoms with Crippen LogP contribution in [0.15, 0.2) is 36.0 Å². The minimum Gasteiger partial charge on any atom is -0.289 e. The standard InChI is InChI=1S/C12H7NOS/c14-6-2-4-12-7-11(9-15-12)10-3-1-5-13-8-10/h1,3,5-9H. The molecular formula is C12H7NOS. The number of thiophene rings is 1. The van der Waals surface area contributed by atoms with E-state index >= 15 is 0 Å². The van der Waals surface area contributed by atoms with Gasteiger partial charge in [-0.25, -0.2) is 0 Å². The first-order valence-corrected chi connectivity index (χ1v) is 5.22. The normalized spacial score (nSPS) is 9.07. The summed E-state index contributed by atoms with van der Waals surface area (Å²) in [6.07, 6.45) is 4.14. The summed E-state index contributed by atoms with van der Waals surface area (Å²) in [4.78, 5) is 15.0. The van der Waals surface area contributed by atoms with Gasteiger partial charge in [-0.1, -0.05) is 6.07 Å². The van der Waals surface area contributed by atoms with Gasteiger partial charge in [-0.3, -0.25) is 9.78 Å². The summed E-state index contributed by atoms with van der Waals surface area (Å²) in [5, 5.41) is 2.01. The number of aromatic nitrogens is 1. The summed E-state index contributed by atoms with van der Waals surface area (Å²) in [5.41, 5.74) is 2.15. The molecule has 0 bridgehead atoms. The fourth-order valence-corrected chi connectivity index (χ4v) is 1.96. The Morgan fingerprint density at radius 1 is 1.40 bits per heavy atom. The van der Waals surface area contributed by atoms with Crippen molar-refractivity contribution in [2.45, 2.75) is 0 Å². The highest BCUT2D eigenvalue weighted by Gasteiger charge is 1.99. The zero-order chi connectivity index (χ0) is 10.5. The fraction of sp³-hybridized carbons (Fsp3) is 0. The monoisotopic (exact) mass is 213 g/mol. The van der Waals surface area contributed by atoms with Crippen molar-refractivity contribution in [3.05, 3.63) is 40.8 Å². The van der Waals surface area contributed by atoms with E-state index in [4.69, 9.17) is 0 Å². The molecule has 0 aliphatic rings. The molecule has 2 heterocycles. The molecule has 0 radical (unpaired) electrons. The highest BCUT2D eigenvalue weighted by molar-refractivity contribution is 7.11. The lowest BCUT2D eigenvalue weighted by atomic mass is 10.1. The topological polar surface area (TPSA) is 30.0 Å². The average Bonchev–Trinajstić information content (AvgIpc) is 2.76. The molecule has 0 aliphatic carbocycles. The molecule has 0 atom stereocenters. The highest BCUT2D eigenvalue weighted by Crippen LogP contribution is 2.23. The Hall–Kier alpha value is -1.92. The van der Waals surface area contributed by atoms with Crippen molar-refractivity contribution in [2.24, 2.45) is 0 Å². The largest absolute Gasteiger partial charge is 0.289 e. The van der Waals surface area contributed by atoms with Crippen LogP contribution in [0.25, 0.3) is 11.1 Å². The molecule has 72 valence electrons. The van der Waals surface area contributed by atoms with Crippen LogP contribution in [0.3, 0.4) is 0 Å². The minimum absolute atomic E-state index is 0.601. The van der Waals surface area contributed by atoms with Crippen LogP contribution < -0.4 is 0 Å². The van der Waals surface area contributed by atoms with Crippen molar-refractivity contribution >= 4 is 17.6 Å². The van der Waals surface area contributed by atoms with Gasteiger partial charge in [0, 0.05) is 18.0 Å². The number of hydrogen-bond donors (Lipinski definition) is 0. The third kappa shape index (κ3) is 2.30. The maximum Gasteiger partial charge on any atom is 0.193 e. The van der Waals surface area contributed by atoms with Gasteiger partial charge in [0.25, 0.3) is 0 Å². The summed E-state index contributed by atoms with van der Waals surface area (Å²) in [6, 6.07) is 5.84. The quantitative estimate of drug-likeness (QED) is 0.537. The summed E-state index contributed by atoms with van der Waals surface area (Å²) in [5.74, 6) is 5.16. The van der Waals surface area contributed by atoms with Crippen LogP contribution in [-0.4, -0.2) is 11.3 Å². The minimum atomic E-state index is 0.601. The molecule has 2 aromatic heterocycles. The van der Waals surface area contributed by atoms with Crippen LogP contribution >= 0.6 is 11.3 Å². The van der Waals surface area contributed by atoms with Gasteiger partial charge in [-0.2, -0.15) is 0 Å². The molecule has 0 aliphatic heterocycles. The van der Waals surface area contributed by atoms with E-state index in [0.717, 1.165) is 16.0 Å². The molecule has 3 heteroatoms. The Morgan fingerprint density at radius 3 is 3.07 bits per heavy atom. The third-order valence-electron chi connectivity index (χ3n) is 1.85. The van der Waals surface area contributed by atoms with E-state index in [9.17, 15) is 4.79 Å². The van der Waals surface area contributed by atoms with E-state index in [2.05, 4.69) is 16.8 Å². The zero-order valence-electron chi connectivity index (χ0n) is 7.81. The molecule has 2 rings (SSSR count). The molecule has 0 N–H and O–H groups in total. The average molecular weight is 213 g/mol. The van der Waals surface area contributed by atoms with Gasteiger partial charge in [0.1, 0.15) is 0 Å². The maximum absolute atomic E-state index is 10.1. The molecule has 0 fully saturated rings. The molecule has 0 saturated heterocycles. The van der Waals surface area contributed by atoms with Crippen molar-refractivity contribution in [2.75, 3.05) is 0 Å². The second-order valence-electron chi connectivity index (χ2n) is 2.83. The maximum atomic E-state index is 10.1. The van der Waals surface area contributed by atoms with E-state index in [1.807, 2.05) is 23.6 Å². The van der Waals surface area contributed by atoms with Crippen molar-refractivity contribution in [3.63, 3.8) is 0 Å². The van der Waals surface area contributed by atoms with Crippen molar-refractivity contribution < 1.29 is 4.79 Å². The SMILES string of the molecule is O=CC#Cc1cc(-c2cccnc2)cs1. The lowest BCUT2D eigenvalue weighted by molar-refractivity contribution is -0.103. The molecule has 0 saturated carbocycles. The van der Waals surface area contributed by atoms with Gasteiger partial charge < -0.3 is 0 Å². The van der Waals surface area contributed by atoms with E-state index in [0.29, 0.717) is 6.29 Å². The lowest BCUT2D eigenvalue weighted by Gasteiger charge is -1.93. The molecule has 0 spiro atoms. The van der Waals surface area contributed by atoms with E-state index < -0.39 is 0 Å². The summed E-state index contributed by atoms with van der Waals surface area (Å²) >= 11 is 1.52. The number of aldehydes is 1. The smallest absolute Gasteiger partial charge is 0.193 e. The van der Waals surface area contributed by atoms with Gasteiger partial charge in [-0.15, -0.1) is 11.3 Å². The first-order valence-electron chi connectivity index (χ1n) is 4.34. The Balaban J connectivity index is 2.32. The Labute approximate surface area is 91.6 Å². The van der Waals surface area contributed by atoms with E-state index in [-0.39, 0.29) is 0 Å². The number of rotatable bonds is 1. The summed E-state index contributed by atoms with van der Waals surface area (Å²) < 4.78 is 0. The van der Waals surface area contributed by atoms with Crippen LogP contribution in [-0.2, 0) is 4.79 Å². The van der Waals surface area contributed by atoms with E-state index in [1.165, 1.54) is 11.3 Å². The number of carbonyl (C=O) groups excluding carboxylic acids is 1. The number of pyridine rings is 1. The third-order valence-corrected chi connectivity index (χ3v) is 2.69. The van der Waals surface area contributed by atoms with Gasteiger partial charge in [-0.05, 0) is 34.9 Å². The predicted molar refractivity (Wildman–Crippen MR) is 60.5 cm³/mol. The predicted octanol–water partition coefficient (Wildman–Crippen LogP) is 2.36. The molecule has 2 nitrogen and oxygen atoms in total. The lowest BCUT2D eigenvalue weighted by Crippen LogP contribution is -1.74. The van der Waals surface area contributed by atoms with Gasteiger partial charge in [0.2, 0.25) is 0 Å². The summed E-state index contributed by atoms with van der Waals surface area (Å²) in [7, 11) is 0. The molecule has 0 aromatic carbocycles. The molecule has 15 heavy (non-hydrogen) atoms. The van der Waals surface area contributed by atoms with Crippen LogP contribution in [0.2, 0.25) is 0 Å². The van der Waals surface area contributed by atoms with Crippen LogP contribution in [0, 0.1) is 11.8 Å². The van der Waals surface area contributed by atoms with Crippen LogP contribution in [0.1, 0.15) is 4.88 Å². The fourth-order valence-electron chi connectivity index (χ4n) is 1.19. The van der Waals surface area contributed by atoms with Crippen molar-refractivity contribution in [1.82, 2.24) is 4.98 Å². The molecule has 0 unspecified atom stereocenters. The number of nitrogens with zero attached hydrogens (tertiary/aromatic N) is 1. The Kier molecular flexibility index (Phi) is 2.91. The summed E-state index contributed by atoms with van der Waals surface area (Å²) in [6.45, 7) is 0. The Morgan fingerprint density at radius 2 is 2.33 bits per heavy atom. The van der Waals surface area contributed by atoms with Crippen molar-refractivity contribution in [3.8, 4) is 23.0 Å². The van der Waals surface area contributed by atoms with E-state index in [1.54, 1.807) is 12.4 Å². The number of hydrogen-bond acceptors (Lipinski definition) is 3. The van der Waals surface area contributed by atoms with Crippen LogP contribution in [0.5, 0.6) is 0 Å². The molecule has 2 aromatic rings.